The van der Waals surface area contributed by atoms with E-state index in [1.54, 1.807) is 6.92 Å². The normalized spacial score (nSPS) is 17.6. The second-order valence-electron chi connectivity index (χ2n) is 5.70. The fourth-order valence-corrected chi connectivity index (χ4v) is 2.48. The molecule has 0 bridgehead atoms. The Morgan fingerprint density at radius 2 is 2.00 bits per heavy atom. The van der Waals surface area contributed by atoms with Gasteiger partial charge in [0.25, 0.3) is 0 Å². The molecule has 0 heterocycles. The predicted octanol–water partition coefficient (Wildman–Crippen LogP) is 2.30. The molecule has 0 aromatic heterocycles. The zero-order valence-corrected chi connectivity index (χ0v) is 12.0. The number of nitrogens with one attached hydrogen (secondary N) is 1. The summed E-state index contributed by atoms with van der Waals surface area (Å²) in [7, 11) is 0. The number of aliphatic hydroxyl groups is 1. The topological polar surface area (TPSA) is 41.5 Å². The van der Waals surface area contributed by atoms with E-state index in [2.05, 4.69) is 17.4 Å². The van der Waals surface area contributed by atoms with E-state index in [0.29, 0.717) is 13.2 Å². The average Bonchev–Trinajstić information content (AvgIpc) is 2.43. The highest BCUT2D eigenvalue weighted by Crippen LogP contribution is 2.25. The van der Waals surface area contributed by atoms with Gasteiger partial charge in [-0.15, -0.1) is 0 Å². The Kier molecular flexibility index (Phi) is 4.83. The minimum absolute atomic E-state index is 0.318. The van der Waals surface area contributed by atoms with Gasteiger partial charge in [0.2, 0.25) is 0 Å². The molecule has 1 atom stereocenters. The van der Waals surface area contributed by atoms with Gasteiger partial charge in [0.1, 0.15) is 18.0 Å². The van der Waals surface area contributed by atoms with Crippen molar-refractivity contribution < 1.29 is 9.84 Å². The standard InChI is InChI=1S/C16H25NO2/c1-3-17-11-16(2,18)12-19-15-9-8-13-6-4-5-7-14(13)10-15/h8-10,17-18H,3-7,11-12H2,1-2H3. The van der Waals surface area contributed by atoms with Crippen LogP contribution in [0.3, 0.4) is 0 Å². The first-order valence-electron chi connectivity index (χ1n) is 7.28. The van der Waals surface area contributed by atoms with Crippen LogP contribution in [-0.2, 0) is 12.8 Å². The second-order valence-corrected chi connectivity index (χ2v) is 5.70. The molecule has 1 aromatic rings. The van der Waals surface area contributed by atoms with Gasteiger partial charge in [-0.05, 0) is 62.4 Å². The lowest BCUT2D eigenvalue weighted by Crippen LogP contribution is -2.42. The monoisotopic (exact) mass is 263 g/mol. The van der Waals surface area contributed by atoms with Crippen LogP contribution in [-0.4, -0.2) is 30.4 Å². The van der Waals surface area contributed by atoms with E-state index in [9.17, 15) is 5.11 Å². The molecule has 106 valence electrons. The minimum atomic E-state index is -0.827. The number of rotatable bonds is 6. The highest BCUT2D eigenvalue weighted by molar-refractivity contribution is 5.37. The van der Waals surface area contributed by atoms with E-state index in [1.165, 1.54) is 30.4 Å². The van der Waals surface area contributed by atoms with Crippen LogP contribution in [0, 0.1) is 0 Å². The summed E-state index contributed by atoms with van der Waals surface area (Å²) in [6.07, 6.45) is 4.91. The van der Waals surface area contributed by atoms with Crippen molar-refractivity contribution in [1.82, 2.24) is 5.32 Å². The fourth-order valence-electron chi connectivity index (χ4n) is 2.48. The van der Waals surface area contributed by atoms with Gasteiger partial charge in [-0.1, -0.05) is 13.0 Å². The Bertz CT molecular complexity index is 415. The van der Waals surface area contributed by atoms with Crippen LogP contribution in [0.5, 0.6) is 5.75 Å². The average molecular weight is 263 g/mol. The Balaban J connectivity index is 1.92. The number of hydrogen-bond acceptors (Lipinski definition) is 3. The number of likely N-dealkylation sites (N-methyl/N-ethyl adjacent to an activating group) is 1. The van der Waals surface area contributed by atoms with Gasteiger partial charge in [-0.2, -0.15) is 0 Å². The zero-order chi connectivity index (χ0) is 13.7. The van der Waals surface area contributed by atoms with E-state index in [1.807, 2.05) is 13.0 Å². The summed E-state index contributed by atoms with van der Waals surface area (Å²) >= 11 is 0. The van der Waals surface area contributed by atoms with Gasteiger partial charge < -0.3 is 15.2 Å². The van der Waals surface area contributed by atoms with Crippen molar-refractivity contribution in [3.05, 3.63) is 29.3 Å². The number of ether oxygens (including phenoxy) is 1. The molecular formula is C16H25NO2. The van der Waals surface area contributed by atoms with Gasteiger partial charge in [-0.25, -0.2) is 0 Å². The molecule has 0 saturated heterocycles. The Labute approximate surface area is 116 Å². The van der Waals surface area contributed by atoms with Crippen LogP contribution in [0.2, 0.25) is 0 Å². The fraction of sp³-hybridized carbons (Fsp3) is 0.625. The lowest BCUT2D eigenvalue weighted by atomic mass is 9.92. The Morgan fingerprint density at radius 3 is 2.74 bits per heavy atom. The molecule has 1 aromatic carbocycles. The van der Waals surface area contributed by atoms with Crippen LogP contribution in [0.1, 0.15) is 37.8 Å². The third-order valence-corrected chi connectivity index (χ3v) is 3.63. The summed E-state index contributed by atoms with van der Waals surface area (Å²) in [5.74, 6) is 0.873. The van der Waals surface area contributed by atoms with Crippen LogP contribution < -0.4 is 10.1 Å². The zero-order valence-electron chi connectivity index (χ0n) is 12.0. The first-order valence-corrected chi connectivity index (χ1v) is 7.28. The van der Waals surface area contributed by atoms with Crippen molar-refractivity contribution in [3.8, 4) is 5.75 Å². The molecule has 1 unspecified atom stereocenters. The molecule has 0 saturated carbocycles. The maximum atomic E-state index is 10.2. The van der Waals surface area contributed by atoms with E-state index in [-0.39, 0.29) is 0 Å². The van der Waals surface area contributed by atoms with Gasteiger partial charge in [0.15, 0.2) is 0 Å². The highest BCUT2D eigenvalue weighted by Gasteiger charge is 2.21. The number of fused-ring (bicyclic) bond motifs is 1. The molecule has 0 radical (unpaired) electrons. The van der Waals surface area contributed by atoms with Crippen molar-refractivity contribution >= 4 is 0 Å². The molecule has 0 amide bonds. The maximum Gasteiger partial charge on any atom is 0.119 e. The SMILES string of the molecule is CCNCC(C)(O)COc1ccc2c(c1)CCCC2. The molecule has 1 aliphatic rings. The van der Waals surface area contributed by atoms with Crippen LogP contribution in [0.15, 0.2) is 18.2 Å². The quantitative estimate of drug-likeness (QED) is 0.827. The largest absolute Gasteiger partial charge is 0.491 e. The van der Waals surface area contributed by atoms with Crippen molar-refractivity contribution in [2.75, 3.05) is 19.7 Å². The second kappa shape index (κ2) is 6.40. The predicted molar refractivity (Wildman–Crippen MR) is 77.7 cm³/mol. The molecule has 0 spiro atoms. The Hall–Kier alpha value is -1.06. The van der Waals surface area contributed by atoms with Crippen LogP contribution >= 0.6 is 0 Å². The van der Waals surface area contributed by atoms with E-state index in [0.717, 1.165) is 18.7 Å². The van der Waals surface area contributed by atoms with Crippen LogP contribution in [0.25, 0.3) is 0 Å². The van der Waals surface area contributed by atoms with Gasteiger partial charge in [0, 0.05) is 6.54 Å². The summed E-state index contributed by atoms with van der Waals surface area (Å²) in [5, 5.41) is 13.3. The molecule has 1 aliphatic carbocycles. The van der Waals surface area contributed by atoms with Crippen molar-refractivity contribution in [2.24, 2.45) is 0 Å². The summed E-state index contributed by atoms with van der Waals surface area (Å²) in [4.78, 5) is 0. The first kappa shape index (κ1) is 14.4. The molecule has 0 fully saturated rings. The molecule has 3 heteroatoms. The summed E-state index contributed by atoms with van der Waals surface area (Å²) < 4.78 is 5.74. The number of hydrogen-bond donors (Lipinski definition) is 2. The van der Waals surface area contributed by atoms with E-state index < -0.39 is 5.60 Å². The first-order chi connectivity index (χ1) is 9.11. The van der Waals surface area contributed by atoms with E-state index in [4.69, 9.17) is 4.74 Å². The molecule has 19 heavy (non-hydrogen) atoms. The summed E-state index contributed by atoms with van der Waals surface area (Å²) in [6.45, 7) is 5.55. The van der Waals surface area contributed by atoms with Crippen molar-refractivity contribution in [3.63, 3.8) is 0 Å². The van der Waals surface area contributed by atoms with Crippen molar-refractivity contribution in [2.45, 2.75) is 45.1 Å². The third kappa shape index (κ3) is 4.22. The molecule has 0 aliphatic heterocycles. The lowest BCUT2D eigenvalue weighted by molar-refractivity contribution is 0.0127. The summed E-state index contributed by atoms with van der Waals surface area (Å²) in [5.41, 5.74) is 2.04. The number of benzene rings is 1. The number of aryl methyl sites for hydroxylation is 2. The molecule has 2 N–H and O–H groups in total. The van der Waals surface area contributed by atoms with Gasteiger partial charge >= 0.3 is 0 Å². The highest BCUT2D eigenvalue weighted by atomic mass is 16.5. The van der Waals surface area contributed by atoms with Crippen LogP contribution in [0.4, 0.5) is 0 Å². The molecular weight excluding hydrogens is 238 g/mol. The smallest absolute Gasteiger partial charge is 0.119 e. The maximum absolute atomic E-state index is 10.2. The van der Waals surface area contributed by atoms with Crippen molar-refractivity contribution in [1.29, 1.82) is 0 Å². The van der Waals surface area contributed by atoms with Gasteiger partial charge in [-0.3, -0.25) is 0 Å². The minimum Gasteiger partial charge on any atom is -0.491 e. The molecule has 3 nitrogen and oxygen atoms in total. The Morgan fingerprint density at radius 1 is 1.26 bits per heavy atom. The summed E-state index contributed by atoms with van der Waals surface area (Å²) in [6, 6.07) is 6.33. The molecule has 2 rings (SSSR count). The lowest BCUT2D eigenvalue weighted by Gasteiger charge is -2.24. The van der Waals surface area contributed by atoms with Gasteiger partial charge in [0.05, 0.1) is 0 Å². The van der Waals surface area contributed by atoms with E-state index >= 15 is 0 Å². The third-order valence-electron chi connectivity index (χ3n) is 3.63.